The van der Waals surface area contributed by atoms with E-state index in [0.29, 0.717) is 56.4 Å². The summed E-state index contributed by atoms with van der Waals surface area (Å²) in [5.74, 6) is 1.71. The van der Waals surface area contributed by atoms with Crippen LogP contribution in [0.15, 0.2) is 65.6 Å². The normalized spacial score (nSPS) is 14.4. The molecule has 0 radical (unpaired) electrons. The highest BCUT2D eigenvalue weighted by molar-refractivity contribution is 5.94. The molecule has 0 saturated carbocycles. The van der Waals surface area contributed by atoms with Crippen LogP contribution in [0.4, 0.5) is 0 Å². The second-order valence-corrected chi connectivity index (χ2v) is 10.5. The molecule has 0 spiro atoms. The zero-order valence-corrected chi connectivity index (χ0v) is 23.6. The Kier molecular flexibility index (Phi) is 8.67. The molecule has 0 N–H and O–H groups in total. The average Bonchev–Trinajstić information content (AvgIpc) is 3.47. The number of aromatic nitrogens is 4. The van der Waals surface area contributed by atoms with Gasteiger partial charge in [0.15, 0.2) is 0 Å². The summed E-state index contributed by atoms with van der Waals surface area (Å²) in [6.45, 7) is 5.42. The third kappa shape index (κ3) is 6.95. The first-order valence-corrected chi connectivity index (χ1v) is 13.8. The molecule has 212 valence electrons. The summed E-state index contributed by atoms with van der Waals surface area (Å²) in [6, 6.07) is 13.6. The summed E-state index contributed by atoms with van der Waals surface area (Å²) in [6.07, 6.45) is 6.20. The Balaban J connectivity index is 1.38. The molecule has 1 aliphatic heterocycles. The fraction of sp³-hybridized carbons (Fsp3) is 0.355. The highest BCUT2D eigenvalue weighted by Gasteiger charge is 2.20. The van der Waals surface area contributed by atoms with Crippen molar-refractivity contribution in [1.82, 2.24) is 30.0 Å². The van der Waals surface area contributed by atoms with Gasteiger partial charge in [-0.25, -0.2) is 9.97 Å². The van der Waals surface area contributed by atoms with Crippen LogP contribution in [-0.4, -0.2) is 75.1 Å². The molecule has 0 saturated heterocycles. The third-order valence-corrected chi connectivity index (χ3v) is 7.08. The van der Waals surface area contributed by atoms with E-state index in [-0.39, 0.29) is 24.2 Å². The fourth-order valence-electron chi connectivity index (χ4n) is 4.71. The van der Waals surface area contributed by atoms with E-state index in [1.807, 2.05) is 50.2 Å². The largest absolute Gasteiger partial charge is 0.491 e. The number of nitrogens with zero attached hydrogens (tertiary/aromatic N) is 6. The van der Waals surface area contributed by atoms with Gasteiger partial charge in [-0.2, -0.15) is 0 Å². The highest BCUT2D eigenvalue weighted by Crippen LogP contribution is 2.29. The standard InChI is InChI=1S/C31H34N6O4/c1-21(2)30-35-34-28(41-30)9-10-29(38)37-12-11-36(3)31(39)24-6-4-5-22(15-24)16-25-17-23(26-18-32-20-33-19-26)7-8-27(25)40-14-13-37/h4-8,15,17-21H,9-14,16H2,1-3H3. The molecule has 2 aromatic heterocycles. The Morgan fingerprint density at radius 3 is 2.59 bits per heavy atom. The first kappa shape index (κ1) is 27.9. The SMILES string of the molecule is CC(C)c1nnc(CCC(=O)N2CCOc3ccc(-c4cncnc4)cc3Cc3cccc(c3)C(=O)N(C)CC2)o1. The molecule has 2 bridgehead atoms. The molecule has 0 unspecified atom stereocenters. The van der Waals surface area contributed by atoms with Gasteiger partial charge >= 0.3 is 0 Å². The number of rotatable bonds is 5. The third-order valence-electron chi connectivity index (χ3n) is 7.08. The van der Waals surface area contributed by atoms with Crippen LogP contribution in [0.25, 0.3) is 11.1 Å². The van der Waals surface area contributed by atoms with E-state index in [1.54, 1.807) is 29.2 Å². The molecule has 2 aromatic carbocycles. The number of benzene rings is 2. The van der Waals surface area contributed by atoms with Gasteiger partial charge < -0.3 is 19.0 Å². The number of aryl methyl sites for hydroxylation is 1. The second-order valence-electron chi connectivity index (χ2n) is 10.5. The van der Waals surface area contributed by atoms with Gasteiger partial charge in [0.1, 0.15) is 18.7 Å². The second kappa shape index (κ2) is 12.7. The maximum atomic E-state index is 13.3. The quantitative estimate of drug-likeness (QED) is 0.361. The van der Waals surface area contributed by atoms with Crippen molar-refractivity contribution in [3.05, 3.63) is 89.7 Å². The van der Waals surface area contributed by atoms with Gasteiger partial charge in [0.2, 0.25) is 17.7 Å². The van der Waals surface area contributed by atoms with Crippen molar-refractivity contribution in [1.29, 1.82) is 0 Å². The van der Waals surface area contributed by atoms with E-state index in [9.17, 15) is 9.59 Å². The van der Waals surface area contributed by atoms with E-state index in [0.717, 1.165) is 28.0 Å². The molecule has 3 heterocycles. The average molecular weight is 555 g/mol. The van der Waals surface area contributed by atoms with Crippen molar-refractivity contribution < 1.29 is 18.7 Å². The van der Waals surface area contributed by atoms with Crippen molar-refractivity contribution in [2.75, 3.05) is 33.3 Å². The Morgan fingerprint density at radius 1 is 0.976 bits per heavy atom. The predicted octanol–water partition coefficient (Wildman–Crippen LogP) is 4.17. The number of carbonyl (C=O) groups is 2. The van der Waals surface area contributed by atoms with Gasteiger partial charge in [-0.05, 0) is 41.0 Å². The van der Waals surface area contributed by atoms with Crippen LogP contribution in [0.2, 0.25) is 0 Å². The number of hydrogen-bond donors (Lipinski definition) is 0. The lowest BCUT2D eigenvalue weighted by molar-refractivity contribution is -0.131. The van der Waals surface area contributed by atoms with Gasteiger partial charge in [0.05, 0.1) is 6.54 Å². The van der Waals surface area contributed by atoms with Crippen molar-refractivity contribution >= 4 is 11.8 Å². The molecule has 41 heavy (non-hydrogen) atoms. The molecule has 10 nitrogen and oxygen atoms in total. The summed E-state index contributed by atoms with van der Waals surface area (Å²) >= 11 is 0. The Hall–Kier alpha value is -4.60. The molecule has 10 heteroatoms. The smallest absolute Gasteiger partial charge is 0.253 e. The van der Waals surface area contributed by atoms with Gasteiger partial charge in [-0.3, -0.25) is 9.59 Å². The summed E-state index contributed by atoms with van der Waals surface area (Å²) in [4.78, 5) is 38.2. The van der Waals surface area contributed by atoms with Crippen molar-refractivity contribution in [3.63, 3.8) is 0 Å². The molecule has 0 fully saturated rings. The van der Waals surface area contributed by atoms with Gasteiger partial charge in [0.25, 0.3) is 5.91 Å². The van der Waals surface area contributed by atoms with Crippen molar-refractivity contribution in [3.8, 4) is 16.9 Å². The van der Waals surface area contributed by atoms with Crippen LogP contribution in [0, 0.1) is 0 Å². The topological polar surface area (TPSA) is 115 Å². The number of ether oxygens (including phenoxy) is 1. The molecule has 5 rings (SSSR count). The number of carbonyl (C=O) groups excluding carboxylic acids is 2. The van der Waals surface area contributed by atoms with Crippen LogP contribution in [-0.2, 0) is 17.6 Å². The molecule has 2 amide bonds. The number of likely N-dealkylation sites (N-methyl/N-ethyl adjacent to an activating group) is 1. The van der Waals surface area contributed by atoms with Crippen molar-refractivity contribution in [2.24, 2.45) is 0 Å². The Morgan fingerprint density at radius 2 is 1.80 bits per heavy atom. The maximum Gasteiger partial charge on any atom is 0.253 e. The van der Waals surface area contributed by atoms with Crippen LogP contribution < -0.4 is 4.74 Å². The van der Waals surface area contributed by atoms with E-state index in [4.69, 9.17) is 9.15 Å². The zero-order valence-electron chi connectivity index (χ0n) is 23.6. The van der Waals surface area contributed by atoms with Gasteiger partial charge in [0, 0.05) is 68.8 Å². The van der Waals surface area contributed by atoms with Crippen LogP contribution >= 0.6 is 0 Å². The van der Waals surface area contributed by atoms with Crippen LogP contribution in [0.5, 0.6) is 5.75 Å². The summed E-state index contributed by atoms with van der Waals surface area (Å²) < 4.78 is 11.9. The minimum absolute atomic E-state index is 0.0625. The van der Waals surface area contributed by atoms with Crippen molar-refractivity contribution in [2.45, 2.75) is 39.0 Å². The molecule has 4 aromatic rings. The van der Waals surface area contributed by atoms with Gasteiger partial charge in [-0.1, -0.05) is 32.0 Å². The summed E-state index contributed by atoms with van der Waals surface area (Å²) in [7, 11) is 1.76. The van der Waals surface area contributed by atoms with E-state index in [2.05, 4.69) is 26.2 Å². The number of amides is 2. The van der Waals surface area contributed by atoms with Gasteiger partial charge in [-0.15, -0.1) is 10.2 Å². The first-order valence-electron chi connectivity index (χ1n) is 13.8. The zero-order chi connectivity index (χ0) is 28.8. The van der Waals surface area contributed by atoms with E-state index >= 15 is 0 Å². The highest BCUT2D eigenvalue weighted by atomic mass is 16.5. The monoisotopic (exact) mass is 554 g/mol. The lowest BCUT2D eigenvalue weighted by Gasteiger charge is -2.27. The van der Waals surface area contributed by atoms with E-state index in [1.165, 1.54) is 6.33 Å². The molecule has 0 atom stereocenters. The number of fused-ring (bicyclic) bond motifs is 3. The molecule has 1 aliphatic rings. The Labute approximate surface area is 239 Å². The fourth-order valence-corrected chi connectivity index (χ4v) is 4.71. The molecule has 0 aliphatic carbocycles. The lowest BCUT2D eigenvalue weighted by atomic mass is 9.98. The lowest BCUT2D eigenvalue weighted by Crippen LogP contribution is -2.41. The van der Waals surface area contributed by atoms with E-state index < -0.39 is 0 Å². The number of hydrogen-bond acceptors (Lipinski definition) is 8. The first-order chi connectivity index (χ1) is 19.9. The summed E-state index contributed by atoms with van der Waals surface area (Å²) in [5, 5.41) is 8.13. The van der Waals surface area contributed by atoms with Crippen LogP contribution in [0.1, 0.15) is 59.5 Å². The summed E-state index contributed by atoms with van der Waals surface area (Å²) in [5.41, 5.74) is 4.45. The minimum atomic E-state index is -0.0879. The minimum Gasteiger partial charge on any atom is -0.491 e. The van der Waals surface area contributed by atoms with Crippen LogP contribution in [0.3, 0.4) is 0 Å². The molecular formula is C31H34N6O4. The maximum absolute atomic E-state index is 13.3. The molecular weight excluding hydrogens is 520 g/mol. The Bertz CT molecular complexity index is 1500. The predicted molar refractivity (Wildman–Crippen MR) is 152 cm³/mol.